The lowest BCUT2D eigenvalue weighted by molar-refractivity contribution is 1.18. The lowest BCUT2D eigenvalue weighted by Gasteiger charge is -2.09. The minimum Gasteiger partial charge on any atom is -0.382 e. The molecule has 0 aliphatic carbocycles. The SMILES string of the molecule is Nc1cnc(-c2cc(Cl)c3ncccc3c2)c(-c2nc3ccccc3[nH]2)n1. The molecule has 0 fully saturated rings. The van der Waals surface area contributed by atoms with Crippen molar-refractivity contribution in [1.29, 1.82) is 0 Å². The molecule has 130 valence electrons. The molecule has 5 aromatic rings. The Morgan fingerprint density at radius 1 is 0.926 bits per heavy atom. The van der Waals surface area contributed by atoms with Crippen molar-refractivity contribution in [2.45, 2.75) is 0 Å². The van der Waals surface area contributed by atoms with Crippen LogP contribution in [0.3, 0.4) is 0 Å². The van der Waals surface area contributed by atoms with Crippen molar-refractivity contribution in [3.63, 3.8) is 0 Å². The number of nitrogens with two attached hydrogens (primary N) is 1. The lowest BCUT2D eigenvalue weighted by Crippen LogP contribution is -1.99. The number of benzene rings is 2. The summed E-state index contributed by atoms with van der Waals surface area (Å²) in [6.07, 6.45) is 3.25. The van der Waals surface area contributed by atoms with Gasteiger partial charge in [0.1, 0.15) is 11.5 Å². The van der Waals surface area contributed by atoms with E-state index in [1.165, 1.54) is 6.20 Å². The van der Waals surface area contributed by atoms with Crippen LogP contribution < -0.4 is 5.73 Å². The van der Waals surface area contributed by atoms with Crippen molar-refractivity contribution in [3.05, 3.63) is 65.9 Å². The molecule has 0 saturated carbocycles. The molecule has 3 aromatic heterocycles. The summed E-state index contributed by atoms with van der Waals surface area (Å²) >= 11 is 6.45. The molecule has 0 radical (unpaired) electrons. The van der Waals surface area contributed by atoms with Crippen LogP contribution in [0.1, 0.15) is 0 Å². The maximum Gasteiger partial charge on any atom is 0.159 e. The van der Waals surface area contributed by atoms with Crippen LogP contribution in [0.5, 0.6) is 0 Å². The molecule has 6 nitrogen and oxygen atoms in total. The number of anilines is 1. The first-order chi connectivity index (χ1) is 13.2. The summed E-state index contributed by atoms with van der Waals surface area (Å²) in [4.78, 5) is 21.3. The van der Waals surface area contributed by atoms with E-state index in [1.54, 1.807) is 6.20 Å². The predicted molar refractivity (Wildman–Crippen MR) is 107 cm³/mol. The van der Waals surface area contributed by atoms with Gasteiger partial charge in [-0.15, -0.1) is 0 Å². The minimum atomic E-state index is 0.322. The summed E-state index contributed by atoms with van der Waals surface area (Å²) in [6, 6.07) is 15.4. The molecule has 0 aliphatic heterocycles. The van der Waals surface area contributed by atoms with Gasteiger partial charge in [-0.25, -0.2) is 15.0 Å². The average Bonchev–Trinajstić information content (AvgIpc) is 3.12. The van der Waals surface area contributed by atoms with E-state index in [0.29, 0.717) is 28.1 Å². The molecular formula is C20H13ClN6. The number of pyridine rings is 1. The number of nitrogens with zero attached hydrogens (tertiary/aromatic N) is 4. The van der Waals surface area contributed by atoms with Gasteiger partial charge in [0.2, 0.25) is 0 Å². The molecule has 3 heterocycles. The molecule has 0 unspecified atom stereocenters. The Labute approximate surface area is 159 Å². The van der Waals surface area contributed by atoms with E-state index < -0.39 is 0 Å². The molecular weight excluding hydrogens is 360 g/mol. The van der Waals surface area contributed by atoms with Gasteiger partial charge in [-0.1, -0.05) is 29.8 Å². The van der Waals surface area contributed by atoms with Crippen molar-refractivity contribution in [2.75, 3.05) is 5.73 Å². The maximum absolute atomic E-state index is 6.45. The number of nitrogens with one attached hydrogen (secondary N) is 1. The van der Waals surface area contributed by atoms with Gasteiger partial charge in [-0.05, 0) is 30.3 Å². The fourth-order valence-corrected chi connectivity index (χ4v) is 3.40. The highest BCUT2D eigenvalue weighted by molar-refractivity contribution is 6.35. The highest BCUT2D eigenvalue weighted by Gasteiger charge is 2.17. The van der Waals surface area contributed by atoms with E-state index in [2.05, 4.69) is 24.9 Å². The quantitative estimate of drug-likeness (QED) is 0.476. The molecule has 0 saturated heterocycles. The van der Waals surface area contributed by atoms with Crippen LogP contribution in [0.15, 0.2) is 60.9 Å². The molecule has 7 heteroatoms. The number of aromatic amines is 1. The van der Waals surface area contributed by atoms with Gasteiger partial charge < -0.3 is 10.7 Å². The van der Waals surface area contributed by atoms with Gasteiger partial charge in [0, 0.05) is 17.1 Å². The highest BCUT2D eigenvalue weighted by atomic mass is 35.5. The molecule has 5 rings (SSSR count). The van der Waals surface area contributed by atoms with Crippen LogP contribution in [0.25, 0.3) is 44.7 Å². The van der Waals surface area contributed by atoms with Crippen molar-refractivity contribution in [2.24, 2.45) is 0 Å². The second-order valence-corrected chi connectivity index (χ2v) is 6.54. The van der Waals surface area contributed by atoms with Crippen LogP contribution >= 0.6 is 11.6 Å². The van der Waals surface area contributed by atoms with E-state index >= 15 is 0 Å². The van der Waals surface area contributed by atoms with E-state index in [1.807, 2.05) is 48.5 Å². The summed E-state index contributed by atoms with van der Waals surface area (Å²) in [5, 5.41) is 1.48. The van der Waals surface area contributed by atoms with Crippen LogP contribution in [0, 0.1) is 0 Å². The number of imidazole rings is 1. The Bertz CT molecular complexity index is 1280. The van der Waals surface area contributed by atoms with Crippen LogP contribution in [-0.4, -0.2) is 24.9 Å². The number of aromatic nitrogens is 5. The number of nitrogen functional groups attached to an aromatic ring is 1. The summed E-state index contributed by atoms with van der Waals surface area (Å²) in [5.74, 6) is 0.927. The number of halogens is 1. The Morgan fingerprint density at radius 2 is 1.81 bits per heavy atom. The standard InChI is InChI=1S/C20H13ClN6/c21-13-9-12(8-11-4-3-7-23-17(11)13)18-19(27-16(22)10-24-18)20-25-14-5-1-2-6-15(14)26-20/h1-10H,(H2,22,27)(H,25,26). The molecule has 3 N–H and O–H groups in total. The van der Waals surface area contributed by atoms with Gasteiger partial charge in [0.15, 0.2) is 5.82 Å². The van der Waals surface area contributed by atoms with Gasteiger partial charge in [-0.3, -0.25) is 4.98 Å². The number of hydrogen-bond donors (Lipinski definition) is 2. The van der Waals surface area contributed by atoms with Gasteiger partial charge in [0.25, 0.3) is 0 Å². The minimum absolute atomic E-state index is 0.322. The predicted octanol–water partition coefficient (Wildman–Crippen LogP) is 4.47. The van der Waals surface area contributed by atoms with Crippen molar-refractivity contribution < 1.29 is 0 Å². The number of fused-ring (bicyclic) bond motifs is 2. The van der Waals surface area contributed by atoms with E-state index in [4.69, 9.17) is 17.3 Å². The molecule has 0 bridgehead atoms. The van der Waals surface area contributed by atoms with Crippen molar-refractivity contribution >= 4 is 39.4 Å². The van der Waals surface area contributed by atoms with E-state index in [9.17, 15) is 0 Å². The lowest BCUT2D eigenvalue weighted by atomic mass is 10.1. The summed E-state index contributed by atoms with van der Waals surface area (Å²) in [6.45, 7) is 0. The normalized spacial score (nSPS) is 11.3. The zero-order chi connectivity index (χ0) is 18.4. The fourth-order valence-electron chi connectivity index (χ4n) is 3.13. The van der Waals surface area contributed by atoms with Gasteiger partial charge in [0.05, 0.1) is 33.5 Å². The first kappa shape index (κ1) is 15.7. The second kappa shape index (κ2) is 6.03. The largest absolute Gasteiger partial charge is 0.382 e. The highest BCUT2D eigenvalue weighted by Crippen LogP contribution is 2.33. The third-order valence-corrected chi connectivity index (χ3v) is 4.62. The Balaban J connectivity index is 1.76. The van der Waals surface area contributed by atoms with E-state index in [-0.39, 0.29) is 0 Å². The number of para-hydroxylation sites is 2. The summed E-state index contributed by atoms with van der Waals surface area (Å²) in [7, 11) is 0. The number of rotatable bonds is 2. The monoisotopic (exact) mass is 372 g/mol. The maximum atomic E-state index is 6.45. The Morgan fingerprint density at radius 3 is 2.70 bits per heavy atom. The topological polar surface area (TPSA) is 93.4 Å². The fraction of sp³-hybridized carbons (Fsp3) is 0. The first-order valence-corrected chi connectivity index (χ1v) is 8.69. The van der Waals surface area contributed by atoms with Crippen molar-refractivity contribution in [3.8, 4) is 22.8 Å². The van der Waals surface area contributed by atoms with Crippen LogP contribution in [-0.2, 0) is 0 Å². The third-order valence-electron chi connectivity index (χ3n) is 4.34. The van der Waals surface area contributed by atoms with Crippen LogP contribution in [0.2, 0.25) is 5.02 Å². The van der Waals surface area contributed by atoms with Crippen LogP contribution in [0.4, 0.5) is 5.82 Å². The Hall–Kier alpha value is -3.51. The zero-order valence-electron chi connectivity index (χ0n) is 14.0. The molecule has 0 aliphatic rings. The summed E-state index contributed by atoms with van der Waals surface area (Å²) in [5.41, 5.74) is 10.5. The summed E-state index contributed by atoms with van der Waals surface area (Å²) < 4.78 is 0. The third kappa shape index (κ3) is 2.67. The van der Waals surface area contributed by atoms with Gasteiger partial charge in [-0.2, -0.15) is 0 Å². The van der Waals surface area contributed by atoms with Crippen molar-refractivity contribution in [1.82, 2.24) is 24.9 Å². The number of hydrogen-bond acceptors (Lipinski definition) is 5. The molecule has 0 spiro atoms. The smallest absolute Gasteiger partial charge is 0.159 e. The Kier molecular flexibility index (Phi) is 3.51. The number of H-pyrrole nitrogens is 1. The second-order valence-electron chi connectivity index (χ2n) is 6.13. The first-order valence-electron chi connectivity index (χ1n) is 8.31. The van der Waals surface area contributed by atoms with Gasteiger partial charge >= 0.3 is 0 Å². The molecule has 0 atom stereocenters. The molecule has 0 amide bonds. The van der Waals surface area contributed by atoms with E-state index in [0.717, 1.165) is 27.5 Å². The molecule has 27 heavy (non-hydrogen) atoms. The average molecular weight is 373 g/mol. The molecule has 2 aromatic carbocycles. The zero-order valence-corrected chi connectivity index (χ0v) is 14.8.